The van der Waals surface area contributed by atoms with Crippen LogP contribution in [0.15, 0.2) is 11.1 Å². The van der Waals surface area contributed by atoms with Crippen LogP contribution in [-0.4, -0.2) is 29.1 Å². The van der Waals surface area contributed by atoms with Gasteiger partial charge in [0.2, 0.25) is 0 Å². The van der Waals surface area contributed by atoms with Crippen LogP contribution in [0.2, 0.25) is 0 Å². The second-order valence-corrected chi connectivity index (χ2v) is 3.13. The van der Waals surface area contributed by atoms with Crippen LogP contribution in [0.1, 0.15) is 0 Å². The molecule has 0 spiro atoms. The van der Waals surface area contributed by atoms with Gasteiger partial charge in [-0.25, -0.2) is 4.98 Å². The Kier molecular flexibility index (Phi) is 1.70. The standard InChI is InChI=1S/C7H11N5O/c8-4-1-12(2-4)6-5(9)7(13)11-3-10-6/h3-4H,1-2,8-9H2,(H,10,11,13). The Morgan fingerprint density at radius 3 is 2.92 bits per heavy atom. The molecule has 1 aliphatic heterocycles. The van der Waals surface area contributed by atoms with Crippen LogP contribution in [-0.2, 0) is 0 Å². The lowest BCUT2D eigenvalue weighted by atomic mass is 10.1. The number of aromatic nitrogens is 2. The van der Waals surface area contributed by atoms with Crippen molar-refractivity contribution in [3.63, 3.8) is 0 Å². The summed E-state index contributed by atoms with van der Waals surface area (Å²) < 4.78 is 0. The number of aromatic amines is 1. The monoisotopic (exact) mass is 181 g/mol. The highest BCUT2D eigenvalue weighted by molar-refractivity contribution is 5.62. The summed E-state index contributed by atoms with van der Waals surface area (Å²) in [5, 5.41) is 0. The molecule has 1 saturated heterocycles. The van der Waals surface area contributed by atoms with Gasteiger partial charge in [-0.3, -0.25) is 4.79 Å². The highest BCUT2D eigenvalue weighted by Gasteiger charge is 2.26. The molecule has 0 saturated carbocycles. The lowest BCUT2D eigenvalue weighted by Crippen LogP contribution is -2.56. The molecule has 2 heterocycles. The molecule has 0 unspecified atom stereocenters. The van der Waals surface area contributed by atoms with E-state index in [2.05, 4.69) is 9.97 Å². The SMILES string of the molecule is Nc1c(N2CC(N)C2)nc[nH]c1=O. The van der Waals surface area contributed by atoms with Crippen molar-refractivity contribution < 1.29 is 0 Å². The minimum atomic E-state index is -0.300. The highest BCUT2D eigenvalue weighted by atomic mass is 16.1. The molecule has 0 radical (unpaired) electrons. The summed E-state index contributed by atoms with van der Waals surface area (Å²) in [6, 6.07) is 0.167. The first-order valence-corrected chi connectivity index (χ1v) is 4.02. The van der Waals surface area contributed by atoms with E-state index in [-0.39, 0.29) is 17.3 Å². The third-order valence-electron chi connectivity index (χ3n) is 2.08. The number of hydrogen-bond donors (Lipinski definition) is 3. The molecular formula is C7H11N5O. The fourth-order valence-electron chi connectivity index (χ4n) is 1.34. The number of nitrogen functional groups attached to an aromatic ring is 1. The first-order valence-electron chi connectivity index (χ1n) is 4.02. The molecule has 70 valence electrons. The van der Waals surface area contributed by atoms with Crippen molar-refractivity contribution in [2.75, 3.05) is 23.7 Å². The summed E-state index contributed by atoms with van der Waals surface area (Å²) in [6.45, 7) is 1.42. The summed E-state index contributed by atoms with van der Waals surface area (Å²) >= 11 is 0. The van der Waals surface area contributed by atoms with Gasteiger partial charge in [0.25, 0.3) is 5.56 Å². The van der Waals surface area contributed by atoms with Gasteiger partial charge in [-0.1, -0.05) is 0 Å². The maximum atomic E-state index is 11.1. The minimum absolute atomic E-state index is 0.161. The van der Waals surface area contributed by atoms with E-state index in [9.17, 15) is 4.79 Å². The summed E-state index contributed by atoms with van der Waals surface area (Å²) in [5.74, 6) is 0.533. The molecule has 1 aliphatic rings. The van der Waals surface area contributed by atoms with Crippen molar-refractivity contribution in [3.05, 3.63) is 16.7 Å². The van der Waals surface area contributed by atoms with Crippen molar-refractivity contribution in [3.8, 4) is 0 Å². The Hall–Kier alpha value is -1.56. The highest BCUT2D eigenvalue weighted by Crippen LogP contribution is 2.19. The molecule has 13 heavy (non-hydrogen) atoms. The molecule has 1 fully saturated rings. The van der Waals surface area contributed by atoms with Crippen LogP contribution in [0.3, 0.4) is 0 Å². The van der Waals surface area contributed by atoms with Gasteiger partial charge >= 0.3 is 0 Å². The fraction of sp³-hybridized carbons (Fsp3) is 0.429. The number of anilines is 2. The van der Waals surface area contributed by atoms with E-state index in [1.807, 2.05) is 4.90 Å². The van der Waals surface area contributed by atoms with Crippen molar-refractivity contribution >= 4 is 11.5 Å². The first kappa shape index (κ1) is 8.06. The van der Waals surface area contributed by atoms with E-state index in [0.29, 0.717) is 18.9 Å². The third-order valence-corrected chi connectivity index (χ3v) is 2.08. The van der Waals surface area contributed by atoms with Crippen molar-refractivity contribution in [2.24, 2.45) is 5.73 Å². The van der Waals surface area contributed by atoms with Gasteiger partial charge in [0.1, 0.15) is 5.69 Å². The maximum absolute atomic E-state index is 11.1. The molecule has 6 nitrogen and oxygen atoms in total. The first-order chi connectivity index (χ1) is 6.18. The van der Waals surface area contributed by atoms with Crippen LogP contribution in [0.5, 0.6) is 0 Å². The van der Waals surface area contributed by atoms with Gasteiger partial charge in [-0.15, -0.1) is 0 Å². The zero-order valence-corrected chi connectivity index (χ0v) is 7.03. The molecule has 0 aromatic carbocycles. The Morgan fingerprint density at radius 2 is 2.31 bits per heavy atom. The average molecular weight is 181 g/mol. The molecule has 0 amide bonds. The summed E-state index contributed by atoms with van der Waals surface area (Å²) in [6.07, 6.45) is 1.35. The number of nitrogens with one attached hydrogen (secondary N) is 1. The molecular weight excluding hydrogens is 170 g/mol. The number of nitrogens with zero attached hydrogens (tertiary/aromatic N) is 2. The predicted octanol–water partition coefficient (Wildman–Crippen LogP) is -1.50. The predicted molar refractivity (Wildman–Crippen MR) is 49.5 cm³/mol. The fourth-order valence-corrected chi connectivity index (χ4v) is 1.34. The average Bonchev–Trinajstić information content (AvgIpc) is 2.05. The van der Waals surface area contributed by atoms with Crippen molar-refractivity contribution in [1.82, 2.24) is 9.97 Å². The largest absolute Gasteiger partial charge is 0.391 e. The topological polar surface area (TPSA) is 101 Å². The lowest BCUT2D eigenvalue weighted by Gasteiger charge is -2.37. The minimum Gasteiger partial charge on any atom is -0.391 e. The molecule has 2 rings (SSSR count). The third kappa shape index (κ3) is 1.25. The zero-order valence-electron chi connectivity index (χ0n) is 7.03. The van der Waals surface area contributed by atoms with Crippen molar-refractivity contribution in [2.45, 2.75) is 6.04 Å². The van der Waals surface area contributed by atoms with Crippen LogP contribution >= 0.6 is 0 Å². The molecule has 5 N–H and O–H groups in total. The zero-order chi connectivity index (χ0) is 9.42. The lowest BCUT2D eigenvalue weighted by molar-refractivity contribution is 0.514. The number of H-pyrrole nitrogens is 1. The van der Waals surface area contributed by atoms with Crippen LogP contribution in [0, 0.1) is 0 Å². The van der Waals surface area contributed by atoms with Crippen LogP contribution in [0.4, 0.5) is 11.5 Å². The quantitative estimate of drug-likeness (QED) is 0.489. The number of rotatable bonds is 1. The smallest absolute Gasteiger partial charge is 0.276 e. The molecule has 0 bridgehead atoms. The van der Waals surface area contributed by atoms with E-state index in [4.69, 9.17) is 11.5 Å². The maximum Gasteiger partial charge on any atom is 0.276 e. The van der Waals surface area contributed by atoms with Crippen LogP contribution < -0.4 is 21.9 Å². The van der Waals surface area contributed by atoms with E-state index in [0.717, 1.165) is 0 Å². The van der Waals surface area contributed by atoms with Crippen molar-refractivity contribution in [1.29, 1.82) is 0 Å². The van der Waals surface area contributed by atoms with Gasteiger partial charge in [0.05, 0.1) is 6.33 Å². The molecule has 6 heteroatoms. The van der Waals surface area contributed by atoms with Gasteiger partial charge in [0.15, 0.2) is 5.82 Å². The van der Waals surface area contributed by atoms with Gasteiger partial charge in [0, 0.05) is 19.1 Å². The normalized spacial score (nSPS) is 17.2. The Labute approximate surface area is 74.6 Å². The molecule has 1 aromatic heterocycles. The Bertz CT molecular complexity index is 367. The van der Waals surface area contributed by atoms with Gasteiger partial charge < -0.3 is 21.4 Å². The molecule has 0 aliphatic carbocycles. The summed E-state index contributed by atoms with van der Waals surface area (Å²) in [7, 11) is 0. The molecule has 0 atom stereocenters. The van der Waals surface area contributed by atoms with Crippen LogP contribution in [0.25, 0.3) is 0 Å². The number of hydrogen-bond acceptors (Lipinski definition) is 5. The van der Waals surface area contributed by atoms with Gasteiger partial charge in [-0.05, 0) is 0 Å². The Morgan fingerprint density at radius 1 is 1.62 bits per heavy atom. The van der Waals surface area contributed by atoms with E-state index in [1.54, 1.807) is 0 Å². The summed E-state index contributed by atoms with van der Waals surface area (Å²) in [4.78, 5) is 19.4. The van der Waals surface area contributed by atoms with Gasteiger partial charge in [-0.2, -0.15) is 0 Å². The van der Waals surface area contributed by atoms with E-state index >= 15 is 0 Å². The second-order valence-electron chi connectivity index (χ2n) is 3.13. The molecule has 1 aromatic rings. The van der Waals surface area contributed by atoms with E-state index in [1.165, 1.54) is 6.33 Å². The summed E-state index contributed by atoms with van der Waals surface area (Å²) in [5.41, 5.74) is 11.0. The van der Waals surface area contributed by atoms with E-state index < -0.39 is 0 Å². The Balaban J connectivity index is 2.31. The second kappa shape index (κ2) is 2.74. The number of nitrogens with two attached hydrogens (primary N) is 2.